The number of hydrogen-bond donors (Lipinski definition) is 1. The summed E-state index contributed by atoms with van der Waals surface area (Å²) in [6, 6.07) is 4.48. The Hall–Kier alpha value is -2.42. The summed E-state index contributed by atoms with van der Waals surface area (Å²) in [5.41, 5.74) is -0.650. The molecule has 5 atom stereocenters. The number of benzene rings is 1. The average molecular weight is 519 g/mol. The van der Waals surface area contributed by atoms with Crippen LogP contribution >= 0.6 is 11.6 Å². The predicted molar refractivity (Wildman–Crippen MR) is 136 cm³/mol. The molecule has 0 radical (unpaired) electrons. The average Bonchev–Trinajstić information content (AvgIpc) is 3.39. The van der Waals surface area contributed by atoms with Gasteiger partial charge in [-0.1, -0.05) is 29.8 Å². The smallest absolute Gasteiger partial charge is 0.312 e. The van der Waals surface area contributed by atoms with E-state index in [2.05, 4.69) is 6.58 Å². The van der Waals surface area contributed by atoms with Crippen molar-refractivity contribution in [2.75, 3.05) is 31.2 Å². The summed E-state index contributed by atoms with van der Waals surface area (Å²) in [5, 5.41) is 9.75. The molecular formula is C27H35ClN2O6. The largest absolute Gasteiger partial charge is 0.466 e. The Morgan fingerprint density at radius 3 is 2.75 bits per heavy atom. The number of amides is 2. The van der Waals surface area contributed by atoms with Gasteiger partial charge in [-0.15, -0.1) is 6.58 Å². The Kier molecular flexibility index (Phi) is 7.51. The van der Waals surface area contributed by atoms with Gasteiger partial charge in [0.15, 0.2) is 0 Å². The van der Waals surface area contributed by atoms with Crippen LogP contribution in [-0.4, -0.2) is 71.3 Å². The molecule has 196 valence electrons. The van der Waals surface area contributed by atoms with E-state index < -0.39 is 35.0 Å². The molecule has 2 amide bonds. The number of fused-ring (bicyclic) bond motifs is 1. The van der Waals surface area contributed by atoms with Crippen molar-refractivity contribution < 1.29 is 29.0 Å². The lowest BCUT2D eigenvalue weighted by Gasteiger charge is -2.37. The molecule has 1 aromatic rings. The zero-order valence-electron chi connectivity index (χ0n) is 21.2. The lowest BCUT2D eigenvalue weighted by atomic mass is 9.66. The summed E-state index contributed by atoms with van der Waals surface area (Å²) in [5.74, 6) is -2.65. The van der Waals surface area contributed by atoms with Gasteiger partial charge >= 0.3 is 5.97 Å². The molecule has 3 saturated heterocycles. The van der Waals surface area contributed by atoms with Gasteiger partial charge < -0.3 is 24.4 Å². The van der Waals surface area contributed by atoms with Crippen LogP contribution in [-0.2, 0) is 23.9 Å². The minimum absolute atomic E-state index is 0.0172. The molecule has 3 aliphatic heterocycles. The van der Waals surface area contributed by atoms with Crippen molar-refractivity contribution in [1.82, 2.24) is 4.90 Å². The first-order chi connectivity index (χ1) is 17.2. The third-order valence-electron chi connectivity index (χ3n) is 7.89. The van der Waals surface area contributed by atoms with E-state index in [1.165, 1.54) is 0 Å². The third-order valence-corrected chi connectivity index (χ3v) is 8.20. The second-order valence-corrected chi connectivity index (χ2v) is 10.5. The van der Waals surface area contributed by atoms with Crippen molar-refractivity contribution >= 4 is 35.1 Å². The molecule has 4 rings (SSSR count). The van der Waals surface area contributed by atoms with Crippen LogP contribution in [0.4, 0.5) is 5.69 Å². The van der Waals surface area contributed by atoms with E-state index >= 15 is 0 Å². The quantitative estimate of drug-likeness (QED) is 0.290. The van der Waals surface area contributed by atoms with E-state index in [1.54, 1.807) is 28.9 Å². The Morgan fingerprint density at radius 1 is 1.36 bits per heavy atom. The fraction of sp³-hybridized carbons (Fsp3) is 0.593. The van der Waals surface area contributed by atoms with Gasteiger partial charge in [-0.2, -0.15) is 0 Å². The van der Waals surface area contributed by atoms with E-state index in [9.17, 15) is 19.5 Å². The van der Waals surface area contributed by atoms with E-state index in [0.29, 0.717) is 36.4 Å². The second kappa shape index (κ2) is 10.1. The van der Waals surface area contributed by atoms with Gasteiger partial charge in [0.05, 0.1) is 28.8 Å². The van der Waals surface area contributed by atoms with Crippen molar-refractivity contribution in [3.63, 3.8) is 0 Å². The molecule has 36 heavy (non-hydrogen) atoms. The molecule has 0 aliphatic carbocycles. The lowest BCUT2D eigenvalue weighted by molar-refractivity contribution is -0.159. The monoisotopic (exact) mass is 518 g/mol. The highest BCUT2D eigenvalue weighted by Crippen LogP contribution is 2.63. The predicted octanol–water partition coefficient (Wildman–Crippen LogP) is 3.27. The number of anilines is 1. The maximum Gasteiger partial charge on any atom is 0.312 e. The zero-order chi connectivity index (χ0) is 26.3. The number of unbranched alkanes of at least 4 members (excludes halogenated alkanes) is 1. The fourth-order valence-electron chi connectivity index (χ4n) is 6.46. The number of likely N-dealkylation sites (tertiary alicyclic amines) is 1. The van der Waals surface area contributed by atoms with Crippen molar-refractivity contribution in [2.45, 2.75) is 63.7 Å². The summed E-state index contributed by atoms with van der Waals surface area (Å²) < 4.78 is 12.0. The van der Waals surface area contributed by atoms with Crippen LogP contribution in [0.5, 0.6) is 0 Å². The summed E-state index contributed by atoms with van der Waals surface area (Å²) in [6.45, 7) is 9.92. The molecule has 2 bridgehead atoms. The van der Waals surface area contributed by atoms with Crippen molar-refractivity contribution in [3.8, 4) is 0 Å². The Morgan fingerprint density at radius 2 is 2.11 bits per heavy atom. The number of aryl methyl sites for hydroxylation is 1. The van der Waals surface area contributed by atoms with Crippen molar-refractivity contribution in [1.29, 1.82) is 0 Å². The number of ether oxygens (including phenoxy) is 2. The number of carbonyl (C=O) groups excluding carboxylic acids is 3. The summed E-state index contributed by atoms with van der Waals surface area (Å²) in [6.07, 6.45) is 3.65. The van der Waals surface area contributed by atoms with Gasteiger partial charge in [0.2, 0.25) is 5.91 Å². The third kappa shape index (κ3) is 4.03. The minimum Gasteiger partial charge on any atom is -0.466 e. The topological polar surface area (TPSA) is 96.4 Å². The van der Waals surface area contributed by atoms with Crippen molar-refractivity contribution in [2.24, 2.45) is 11.8 Å². The summed E-state index contributed by atoms with van der Waals surface area (Å²) in [4.78, 5) is 44.6. The maximum atomic E-state index is 14.4. The highest BCUT2D eigenvalue weighted by atomic mass is 35.5. The molecular weight excluding hydrogens is 484 g/mol. The van der Waals surface area contributed by atoms with Crippen LogP contribution < -0.4 is 4.90 Å². The number of carbonyl (C=O) groups is 3. The molecule has 0 aromatic heterocycles. The molecule has 1 spiro atoms. The first kappa shape index (κ1) is 26.6. The number of nitrogens with zero attached hydrogens (tertiary/aromatic N) is 2. The zero-order valence-corrected chi connectivity index (χ0v) is 21.9. The molecule has 3 heterocycles. The first-order valence-electron chi connectivity index (χ1n) is 12.6. The molecule has 8 nitrogen and oxygen atoms in total. The van der Waals surface area contributed by atoms with Crippen LogP contribution in [0.3, 0.4) is 0 Å². The first-order valence-corrected chi connectivity index (χ1v) is 13.0. The maximum absolute atomic E-state index is 14.4. The number of aliphatic hydroxyl groups excluding tert-OH is 1. The van der Waals surface area contributed by atoms with E-state index in [4.69, 9.17) is 21.1 Å². The molecule has 1 aromatic carbocycles. The number of hydrogen-bond acceptors (Lipinski definition) is 6. The number of aliphatic hydroxyl groups is 1. The minimum atomic E-state index is -1.14. The number of rotatable bonds is 10. The SMILES string of the molecule is C=CCN(C(=O)C1N(CCCCO)C(=O)[C@@H]2[C@@H](C(=O)OCC)[C@@]3(C)CCC12O3)c1c(C)cccc1Cl. The molecule has 3 fully saturated rings. The van der Waals surface area contributed by atoms with Gasteiger partial charge in [0.1, 0.15) is 17.6 Å². The second-order valence-electron chi connectivity index (χ2n) is 10.1. The van der Waals surface area contributed by atoms with Gasteiger partial charge in [0.25, 0.3) is 5.91 Å². The van der Waals surface area contributed by atoms with Gasteiger partial charge in [-0.25, -0.2) is 0 Å². The highest BCUT2D eigenvalue weighted by Gasteiger charge is 2.78. The molecule has 2 unspecified atom stereocenters. The highest BCUT2D eigenvalue weighted by molar-refractivity contribution is 6.34. The Bertz CT molecular complexity index is 1040. The Balaban J connectivity index is 1.81. The van der Waals surface area contributed by atoms with Crippen LogP contribution in [0.2, 0.25) is 5.02 Å². The van der Waals surface area contributed by atoms with Gasteiger partial charge in [-0.3, -0.25) is 14.4 Å². The van der Waals surface area contributed by atoms with Crippen molar-refractivity contribution in [3.05, 3.63) is 41.4 Å². The Labute approximate surface area is 217 Å². The van der Waals surface area contributed by atoms with Gasteiger partial charge in [-0.05, 0) is 58.1 Å². The van der Waals surface area contributed by atoms with Gasteiger partial charge in [0, 0.05) is 19.7 Å². The number of para-hydroxylation sites is 1. The fourth-order valence-corrected chi connectivity index (χ4v) is 6.79. The van der Waals surface area contributed by atoms with Crippen LogP contribution in [0.15, 0.2) is 30.9 Å². The molecule has 1 N–H and O–H groups in total. The number of esters is 1. The van der Waals surface area contributed by atoms with E-state index in [-0.39, 0.29) is 38.1 Å². The molecule has 9 heteroatoms. The molecule has 3 aliphatic rings. The van der Waals surface area contributed by atoms with Crippen LogP contribution in [0.25, 0.3) is 0 Å². The standard InChI is InChI=1S/C27H35ClN2O6/c1-5-14-29(21-17(3)10-9-11-18(21)28)24(33)22-27-13-12-26(4,36-27)20(25(34)35-6-2)19(27)23(32)30(22)15-7-8-16-31/h5,9-11,19-20,22,31H,1,6-8,12-16H2,2-4H3/t19-,20-,22?,26+,27?/m0/s1. The summed E-state index contributed by atoms with van der Waals surface area (Å²) >= 11 is 6.56. The summed E-state index contributed by atoms with van der Waals surface area (Å²) in [7, 11) is 0. The lowest BCUT2D eigenvalue weighted by Crippen LogP contribution is -2.56. The van der Waals surface area contributed by atoms with Crippen LogP contribution in [0, 0.1) is 18.8 Å². The van der Waals surface area contributed by atoms with E-state index in [0.717, 1.165) is 5.56 Å². The van der Waals surface area contributed by atoms with E-state index in [1.807, 2.05) is 26.0 Å². The molecule has 0 saturated carbocycles. The van der Waals surface area contributed by atoms with Crippen LogP contribution in [0.1, 0.15) is 45.1 Å². The number of halogens is 1. The normalized spacial score (nSPS) is 30.4.